The minimum absolute atomic E-state index is 0.261. The molecule has 3 rings (SSSR count). The average Bonchev–Trinajstić information content (AvgIpc) is 2.99. The molecule has 0 spiro atoms. The number of benzene rings is 1. The maximum atomic E-state index is 12.9. The minimum Gasteiger partial charge on any atom is -0.399 e. The first-order chi connectivity index (χ1) is 9.48. The molecule has 108 valence electrons. The Morgan fingerprint density at radius 2 is 1.70 bits per heavy atom. The van der Waals surface area contributed by atoms with Gasteiger partial charge in [-0.1, -0.05) is 18.6 Å². The first-order valence-corrected chi connectivity index (χ1v) is 7.64. The highest BCUT2D eigenvalue weighted by Crippen LogP contribution is 2.39. The van der Waals surface area contributed by atoms with Gasteiger partial charge in [-0.05, 0) is 56.2 Å². The van der Waals surface area contributed by atoms with Crippen molar-refractivity contribution in [3.63, 3.8) is 0 Å². The van der Waals surface area contributed by atoms with Gasteiger partial charge in [0.05, 0.1) is 5.41 Å². The van der Waals surface area contributed by atoms with Crippen LogP contribution >= 0.6 is 0 Å². The largest absolute Gasteiger partial charge is 0.399 e. The van der Waals surface area contributed by atoms with E-state index in [9.17, 15) is 4.79 Å². The van der Waals surface area contributed by atoms with Crippen LogP contribution in [-0.4, -0.2) is 23.9 Å². The summed E-state index contributed by atoms with van der Waals surface area (Å²) in [4.78, 5) is 15.0. The van der Waals surface area contributed by atoms with Crippen molar-refractivity contribution in [3.8, 4) is 0 Å². The third-order valence-corrected chi connectivity index (χ3v) is 5.18. The predicted molar refractivity (Wildman–Crippen MR) is 81.3 cm³/mol. The SMILES string of the molecule is CC(C)(C(=O)N1CC2CCCC2C1)c1ccc(N)cc1. The number of carbonyl (C=O) groups is 1. The zero-order valence-electron chi connectivity index (χ0n) is 12.4. The van der Waals surface area contributed by atoms with Crippen LogP contribution in [0.4, 0.5) is 5.69 Å². The first-order valence-electron chi connectivity index (χ1n) is 7.64. The molecule has 1 aliphatic heterocycles. The fourth-order valence-corrected chi connectivity index (χ4v) is 3.82. The summed E-state index contributed by atoms with van der Waals surface area (Å²) in [6.07, 6.45) is 3.95. The summed E-state index contributed by atoms with van der Waals surface area (Å²) in [6, 6.07) is 7.71. The van der Waals surface area contributed by atoms with E-state index in [1.807, 2.05) is 38.1 Å². The molecule has 2 N–H and O–H groups in total. The van der Waals surface area contributed by atoms with Gasteiger partial charge in [-0.15, -0.1) is 0 Å². The second-order valence-electron chi connectivity index (χ2n) is 6.91. The second-order valence-corrected chi connectivity index (χ2v) is 6.91. The van der Waals surface area contributed by atoms with Crippen molar-refractivity contribution in [1.29, 1.82) is 0 Å². The molecule has 2 unspecified atom stereocenters. The second kappa shape index (κ2) is 4.80. The molecule has 1 heterocycles. The van der Waals surface area contributed by atoms with Crippen molar-refractivity contribution in [3.05, 3.63) is 29.8 Å². The molecule has 2 atom stereocenters. The lowest BCUT2D eigenvalue weighted by atomic mass is 9.83. The van der Waals surface area contributed by atoms with Crippen molar-refractivity contribution >= 4 is 11.6 Å². The van der Waals surface area contributed by atoms with E-state index in [1.54, 1.807) is 0 Å². The molecule has 3 nitrogen and oxygen atoms in total. The van der Waals surface area contributed by atoms with Crippen LogP contribution in [0.2, 0.25) is 0 Å². The van der Waals surface area contributed by atoms with Crippen LogP contribution in [0.15, 0.2) is 24.3 Å². The molecule has 0 aromatic heterocycles. The fraction of sp³-hybridized carbons (Fsp3) is 0.588. The van der Waals surface area contributed by atoms with Crippen molar-refractivity contribution in [2.75, 3.05) is 18.8 Å². The Labute approximate surface area is 121 Å². The number of fused-ring (bicyclic) bond motifs is 1. The summed E-state index contributed by atoms with van der Waals surface area (Å²) < 4.78 is 0. The molecule has 1 aromatic carbocycles. The molecule has 1 saturated heterocycles. The maximum Gasteiger partial charge on any atom is 0.232 e. The van der Waals surface area contributed by atoms with Gasteiger partial charge in [0.15, 0.2) is 0 Å². The van der Waals surface area contributed by atoms with E-state index in [0.717, 1.165) is 36.2 Å². The lowest BCUT2D eigenvalue weighted by molar-refractivity contribution is -0.135. The molecule has 0 radical (unpaired) electrons. The van der Waals surface area contributed by atoms with Crippen molar-refractivity contribution in [2.24, 2.45) is 11.8 Å². The number of amides is 1. The van der Waals surface area contributed by atoms with E-state index >= 15 is 0 Å². The van der Waals surface area contributed by atoms with Crippen LogP contribution < -0.4 is 5.73 Å². The van der Waals surface area contributed by atoms with E-state index < -0.39 is 5.41 Å². The van der Waals surface area contributed by atoms with Crippen molar-refractivity contribution in [2.45, 2.75) is 38.5 Å². The Morgan fingerprint density at radius 3 is 2.25 bits per heavy atom. The normalized spacial score (nSPS) is 25.8. The Bertz CT molecular complexity index is 494. The van der Waals surface area contributed by atoms with Crippen molar-refractivity contribution < 1.29 is 4.79 Å². The molecule has 1 amide bonds. The summed E-state index contributed by atoms with van der Waals surface area (Å²) in [6.45, 7) is 5.97. The third-order valence-electron chi connectivity index (χ3n) is 5.18. The van der Waals surface area contributed by atoms with Gasteiger partial charge in [0.25, 0.3) is 0 Å². The van der Waals surface area contributed by atoms with Crippen LogP contribution in [0.25, 0.3) is 0 Å². The highest BCUT2D eigenvalue weighted by Gasteiger charge is 2.42. The van der Waals surface area contributed by atoms with E-state index in [4.69, 9.17) is 5.73 Å². The van der Waals surface area contributed by atoms with Gasteiger partial charge >= 0.3 is 0 Å². The topological polar surface area (TPSA) is 46.3 Å². The molecule has 2 fully saturated rings. The number of hydrogen-bond acceptors (Lipinski definition) is 2. The number of nitrogen functional groups attached to an aromatic ring is 1. The number of nitrogens with zero attached hydrogens (tertiary/aromatic N) is 1. The molecular weight excluding hydrogens is 248 g/mol. The standard InChI is InChI=1S/C17H24N2O/c1-17(2,14-6-8-15(18)9-7-14)16(20)19-10-12-4-3-5-13(12)11-19/h6-9,12-13H,3-5,10-11,18H2,1-2H3. The highest BCUT2D eigenvalue weighted by molar-refractivity contribution is 5.87. The van der Waals surface area contributed by atoms with Gasteiger partial charge in [0, 0.05) is 18.8 Å². The van der Waals surface area contributed by atoms with Crippen LogP contribution in [-0.2, 0) is 10.2 Å². The fourth-order valence-electron chi connectivity index (χ4n) is 3.82. The summed E-state index contributed by atoms with van der Waals surface area (Å²) in [5.74, 6) is 1.76. The summed E-state index contributed by atoms with van der Waals surface area (Å²) in [7, 11) is 0. The number of likely N-dealkylation sites (tertiary alicyclic amines) is 1. The number of carbonyl (C=O) groups excluding carboxylic acids is 1. The summed E-state index contributed by atoms with van der Waals surface area (Å²) >= 11 is 0. The van der Waals surface area contributed by atoms with Crippen molar-refractivity contribution in [1.82, 2.24) is 4.90 Å². The Balaban J connectivity index is 1.77. The number of rotatable bonds is 2. The lowest BCUT2D eigenvalue weighted by Crippen LogP contribution is -2.42. The first kappa shape index (κ1) is 13.5. The van der Waals surface area contributed by atoms with Crippen LogP contribution in [0.1, 0.15) is 38.7 Å². The van der Waals surface area contributed by atoms with E-state index in [2.05, 4.69) is 4.90 Å². The van der Waals surface area contributed by atoms with Gasteiger partial charge in [-0.25, -0.2) is 0 Å². The Morgan fingerprint density at radius 1 is 1.15 bits per heavy atom. The van der Waals surface area contributed by atoms with Gasteiger partial charge in [0.2, 0.25) is 5.91 Å². The van der Waals surface area contributed by atoms with Gasteiger partial charge < -0.3 is 10.6 Å². The van der Waals surface area contributed by atoms with Crippen LogP contribution in [0.3, 0.4) is 0 Å². The molecule has 0 bridgehead atoms. The quantitative estimate of drug-likeness (QED) is 0.841. The van der Waals surface area contributed by atoms with E-state index in [1.165, 1.54) is 19.3 Å². The zero-order chi connectivity index (χ0) is 14.3. The Kier molecular flexibility index (Phi) is 3.23. The molecule has 20 heavy (non-hydrogen) atoms. The average molecular weight is 272 g/mol. The molecule has 2 aliphatic rings. The summed E-state index contributed by atoms with van der Waals surface area (Å²) in [5.41, 5.74) is 7.06. The van der Waals surface area contributed by atoms with Gasteiger partial charge in [-0.2, -0.15) is 0 Å². The lowest BCUT2D eigenvalue weighted by Gasteiger charge is -2.30. The van der Waals surface area contributed by atoms with E-state index in [-0.39, 0.29) is 5.91 Å². The van der Waals surface area contributed by atoms with Gasteiger partial charge in [0.1, 0.15) is 0 Å². The molecule has 3 heteroatoms. The Hall–Kier alpha value is -1.51. The number of nitrogens with two attached hydrogens (primary N) is 1. The van der Waals surface area contributed by atoms with Crippen LogP contribution in [0.5, 0.6) is 0 Å². The van der Waals surface area contributed by atoms with Crippen LogP contribution in [0, 0.1) is 11.8 Å². The molecule has 1 aliphatic carbocycles. The minimum atomic E-state index is -0.466. The zero-order valence-corrected chi connectivity index (χ0v) is 12.4. The number of anilines is 1. The highest BCUT2D eigenvalue weighted by atomic mass is 16.2. The maximum absolute atomic E-state index is 12.9. The monoisotopic (exact) mass is 272 g/mol. The molecule has 1 aromatic rings. The third kappa shape index (κ3) is 2.19. The predicted octanol–water partition coefficient (Wildman–Crippen LogP) is 2.80. The summed E-state index contributed by atoms with van der Waals surface area (Å²) in [5, 5.41) is 0. The van der Waals surface area contributed by atoms with Gasteiger partial charge in [-0.3, -0.25) is 4.79 Å². The molecule has 1 saturated carbocycles. The van der Waals surface area contributed by atoms with E-state index in [0.29, 0.717) is 0 Å². The molecular formula is C17H24N2O. The number of hydrogen-bond donors (Lipinski definition) is 1. The smallest absolute Gasteiger partial charge is 0.232 e.